The van der Waals surface area contributed by atoms with Crippen LogP contribution in [0.4, 0.5) is 0 Å². The molecule has 0 unspecified atom stereocenters. The number of likely N-dealkylation sites (N-methyl/N-ethyl adjacent to an activating group) is 1. The Kier molecular flexibility index (Phi) is 4.59. The molecule has 3 heteroatoms. The van der Waals surface area contributed by atoms with Crippen molar-refractivity contribution in [3.63, 3.8) is 0 Å². The topological polar surface area (TPSA) is 32.3 Å². The predicted molar refractivity (Wildman–Crippen MR) is 50.4 cm³/mol. The highest BCUT2D eigenvalue weighted by atomic mass is 16.2. The molecule has 0 saturated carbocycles. The van der Waals surface area contributed by atoms with Gasteiger partial charge in [-0.3, -0.25) is 9.80 Å². The van der Waals surface area contributed by atoms with E-state index in [1.807, 2.05) is 20.8 Å². The van der Waals surface area contributed by atoms with Gasteiger partial charge in [0.15, 0.2) is 0 Å². The molecule has 0 aliphatic carbocycles. The van der Waals surface area contributed by atoms with Crippen molar-refractivity contribution in [3.05, 3.63) is 12.2 Å². The first kappa shape index (κ1) is 11.2. The van der Waals surface area contributed by atoms with Crippen LogP contribution in [0.5, 0.6) is 0 Å². The molecule has 0 spiro atoms. The SMILES string of the molecule is C=C(C(=O)N(CC)NC)C(C)C. The molecule has 0 radical (unpaired) electrons. The van der Waals surface area contributed by atoms with Gasteiger partial charge in [-0.1, -0.05) is 20.4 Å². The van der Waals surface area contributed by atoms with Gasteiger partial charge >= 0.3 is 0 Å². The minimum atomic E-state index is -0.0185. The molecule has 0 heterocycles. The maximum atomic E-state index is 11.5. The summed E-state index contributed by atoms with van der Waals surface area (Å²) in [6.45, 7) is 10.2. The monoisotopic (exact) mass is 170 g/mol. The average molecular weight is 170 g/mol. The molecule has 0 fully saturated rings. The van der Waals surface area contributed by atoms with E-state index in [1.165, 1.54) is 0 Å². The molecule has 0 aromatic heterocycles. The van der Waals surface area contributed by atoms with Gasteiger partial charge in [0.1, 0.15) is 0 Å². The minimum absolute atomic E-state index is 0.0185. The Bertz CT molecular complexity index is 171. The summed E-state index contributed by atoms with van der Waals surface area (Å²) in [5.41, 5.74) is 3.45. The molecule has 0 rings (SSSR count). The second kappa shape index (κ2) is 4.93. The Morgan fingerprint density at radius 1 is 1.58 bits per heavy atom. The van der Waals surface area contributed by atoms with Gasteiger partial charge in [0.2, 0.25) is 0 Å². The van der Waals surface area contributed by atoms with Crippen LogP contribution in [-0.2, 0) is 4.79 Å². The van der Waals surface area contributed by atoms with Gasteiger partial charge in [-0.05, 0) is 12.8 Å². The van der Waals surface area contributed by atoms with E-state index < -0.39 is 0 Å². The fraction of sp³-hybridized carbons (Fsp3) is 0.667. The lowest BCUT2D eigenvalue weighted by Gasteiger charge is -2.21. The molecule has 0 aliphatic heterocycles. The van der Waals surface area contributed by atoms with E-state index in [9.17, 15) is 4.79 Å². The Morgan fingerprint density at radius 2 is 2.08 bits per heavy atom. The fourth-order valence-electron chi connectivity index (χ4n) is 0.824. The van der Waals surface area contributed by atoms with Crippen molar-refractivity contribution in [2.45, 2.75) is 20.8 Å². The lowest BCUT2D eigenvalue weighted by Crippen LogP contribution is -2.41. The van der Waals surface area contributed by atoms with Gasteiger partial charge in [0, 0.05) is 19.2 Å². The Morgan fingerprint density at radius 3 is 2.33 bits per heavy atom. The molecule has 0 atom stereocenters. The Labute approximate surface area is 74.4 Å². The normalized spacial score (nSPS) is 10.1. The van der Waals surface area contributed by atoms with Crippen LogP contribution in [0.3, 0.4) is 0 Å². The third kappa shape index (κ3) is 2.66. The van der Waals surface area contributed by atoms with Crippen LogP contribution in [0, 0.1) is 5.92 Å². The maximum absolute atomic E-state index is 11.5. The van der Waals surface area contributed by atoms with Gasteiger partial charge in [-0.25, -0.2) is 5.43 Å². The highest BCUT2D eigenvalue weighted by molar-refractivity contribution is 5.92. The van der Waals surface area contributed by atoms with Crippen LogP contribution in [-0.4, -0.2) is 24.5 Å². The number of nitrogens with zero attached hydrogens (tertiary/aromatic N) is 1. The molecule has 1 N–H and O–H groups in total. The Balaban J connectivity index is 4.26. The van der Waals surface area contributed by atoms with E-state index in [-0.39, 0.29) is 11.8 Å². The minimum Gasteiger partial charge on any atom is -0.275 e. The number of amides is 1. The third-order valence-corrected chi connectivity index (χ3v) is 1.80. The molecule has 70 valence electrons. The molecule has 12 heavy (non-hydrogen) atoms. The number of hydrogen-bond acceptors (Lipinski definition) is 2. The van der Waals surface area contributed by atoms with Gasteiger partial charge in [-0.2, -0.15) is 0 Å². The lowest BCUT2D eigenvalue weighted by atomic mass is 10.0. The van der Waals surface area contributed by atoms with Crippen molar-refractivity contribution in [1.29, 1.82) is 0 Å². The first-order chi connectivity index (χ1) is 5.54. The van der Waals surface area contributed by atoms with Crippen molar-refractivity contribution >= 4 is 5.91 Å². The van der Waals surface area contributed by atoms with Gasteiger partial charge in [-0.15, -0.1) is 0 Å². The van der Waals surface area contributed by atoms with Crippen LogP contribution < -0.4 is 5.43 Å². The molecule has 0 aromatic rings. The van der Waals surface area contributed by atoms with E-state index >= 15 is 0 Å². The van der Waals surface area contributed by atoms with Crippen LogP contribution >= 0.6 is 0 Å². The van der Waals surface area contributed by atoms with E-state index in [0.717, 1.165) is 0 Å². The summed E-state index contributed by atoms with van der Waals surface area (Å²) in [7, 11) is 1.73. The van der Waals surface area contributed by atoms with Gasteiger partial charge in [0.25, 0.3) is 5.91 Å². The van der Waals surface area contributed by atoms with Crippen LogP contribution in [0.15, 0.2) is 12.2 Å². The highest BCUT2D eigenvalue weighted by Gasteiger charge is 2.15. The number of hydrogen-bond donors (Lipinski definition) is 1. The van der Waals surface area contributed by atoms with Gasteiger partial charge in [0.05, 0.1) is 0 Å². The van der Waals surface area contributed by atoms with Crippen molar-refractivity contribution < 1.29 is 4.79 Å². The van der Waals surface area contributed by atoms with Crippen LogP contribution in [0.1, 0.15) is 20.8 Å². The summed E-state index contributed by atoms with van der Waals surface area (Å²) >= 11 is 0. The average Bonchev–Trinajstić information content (AvgIpc) is 2.05. The van der Waals surface area contributed by atoms with Gasteiger partial charge < -0.3 is 0 Å². The summed E-state index contributed by atoms with van der Waals surface area (Å²) in [5.74, 6) is 0.190. The molecular weight excluding hydrogens is 152 g/mol. The first-order valence-electron chi connectivity index (χ1n) is 4.22. The first-order valence-corrected chi connectivity index (χ1v) is 4.22. The molecule has 1 amide bonds. The summed E-state index contributed by atoms with van der Waals surface area (Å²) in [4.78, 5) is 11.5. The lowest BCUT2D eigenvalue weighted by molar-refractivity contribution is -0.129. The van der Waals surface area contributed by atoms with E-state index in [0.29, 0.717) is 12.1 Å². The smallest absolute Gasteiger partial charge is 0.263 e. The fourth-order valence-corrected chi connectivity index (χ4v) is 0.824. The number of hydrazine groups is 1. The zero-order valence-electron chi connectivity index (χ0n) is 8.35. The molecule has 3 nitrogen and oxygen atoms in total. The third-order valence-electron chi connectivity index (χ3n) is 1.80. The summed E-state index contributed by atoms with van der Waals surface area (Å²) in [6, 6.07) is 0. The zero-order valence-corrected chi connectivity index (χ0v) is 8.35. The largest absolute Gasteiger partial charge is 0.275 e. The number of carbonyl (C=O) groups is 1. The van der Waals surface area contributed by atoms with Crippen molar-refractivity contribution in [2.75, 3.05) is 13.6 Å². The molecule has 0 aliphatic rings. The molecular formula is C9H18N2O. The quantitative estimate of drug-likeness (QED) is 0.507. The second-order valence-corrected chi connectivity index (χ2v) is 2.95. The second-order valence-electron chi connectivity index (χ2n) is 2.95. The Hall–Kier alpha value is -0.830. The molecule has 0 saturated heterocycles. The highest BCUT2D eigenvalue weighted by Crippen LogP contribution is 2.08. The summed E-state index contributed by atoms with van der Waals surface area (Å²) < 4.78 is 0. The van der Waals surface area contributed by atoms with Crippen molar-refractivity contribution in [2.24, 2.45) is 5.92 Å². The standard InChI is InChI=1S/C9H18N2O/c1-6-11(10-5)9(12)8(4)7(2)3/h7,10H,4,6H2,1-3,5H3. The number of carbonyl (C=O) groups excluding carboxylic acids is 1. The number of rotatable bonds is 4. The van der Waals surface area contributed by atoms with E-state index in [1.54, 1.807) is 12.1 Å². The van der Waals surface area contributed by atoms with Crippen molar-refractivity contribution in [3.8, 4) is 0 Å². The maximum Gasteiger partial charge on any atom is 0.263 e. The summed E-state index contributed by atoms with van der Waals surface area (Å²) in [5, 5.41) is 1.54. The molecule has 0 aromatic carbocycles. The number of nitrogens with one attached hydrogen (secondary N) is 1. The predicted octanol–water partition coefficient (Wildman–Crippen LogP) is 1.18. The zero-order chi connectivity index (χ0) is 9.72. The molecule has 0 bridgehead atoms. The van der Waals surface area contributed by atoms with E-state index in [2.05, 4.69) is 12.0 Å². The van der Waals surface area contributed by atoms with Crippen molar-refractivity contribution in [1.82, 2.24) is 10.4 Å². The van der Waals surface area contributed by atoms with Crippen LogP contribution in [0.25, 0.3) is 0 Å². The summed E-state index contributed by atoms with van der Waals surface area (Å²) in [6.07, 6.45) is 0. The van der Waals surface area contributed by atoms with Crippen LogP contribution in [0.2, 0.25) is 0 Å². The van der Waals surface area contributed by atoms with E-state index in [4.69, 9.17) is 0 Å².